The summed E-state index contributed by atoms with van der Waals surface area (Å²) in [5.41, 5.74) is 4.33. The van der Waals surface area contributed by atoms with Gasteiger partial charge in [0.15, 0.2) is 5.58 Å². The second-order valence-electron chi connectivity index (χ2n) is 5.19. The van der Waals surface area contributed by atoms with Gasteiger partial charge in [-0.15, -0.1) is 0 Å². The number of hydrogen-bond acceptors (Lipinski definition) is 3. The van der Waals surface area contributed by atoms with Crippen molar-refractivity contribution >= 4 is 22.7 Å². The predicted octanol–water partition coefficient (Wildman–Crippen LogP) is 4.16. The highest BCUT2D eigenvalue weighted by atomic mass is 16.5. The van der Waals surface area contributed by atoms with Crippen LogP contribution in [0.1, 0.15) is 37.4 Å². The second kappa shape index (κ2) is 5.08. The van der Waals surface area contributed by atoms with E-state index in [2.05, 4.69) is 34.3 Å². The fraction of sp³-hybridized carbons (Fsp3) is 0.438. The van der Waals surface area contributed by atoms with E-state index in [0.29, 0.717) is 0 Å². The lowest BCUT2D eigenvalue weighted by molar-refractivity contribution is 0.450. The first-order chi connectivity index (χ1) is 9.31. The average Bonchev–Trinajstić information content (AvgIpc) is 2.83. The number of aryl methyl sites for hydroxylation is 1. The zero-order chi connectivity index (χ0) is 13.2. The zero-order valence-corrected chi connectivity index (χ0v) is 11.6. The van der Waals surface area contributed by atoms with E-state index in [-0.39, 0.29) is 0 Å². The minimum Gasteiger partial charge on any atom is -0.371 e. The van der Waals surface area contributed by atoms with Gasteiger partial charge in [-0.3, -0.25) is 0 Å². The average molecular weight is 256 g/mol. The maximum Gasteiger partial charge on any atom is 0.176 e. The first-order valence-corrected chi connectivity index (χ1v) is 7.08. The summed E-state index contributed by atoms with van der Waals surface area (Å²) in [6, 6.07) is 4.35. The molecule has 0 N–H and O–H groups in total. The maximum absolute atomic E-state index is 5.54. The molecule has 0 aliphatic carbocycles. The molecule has 1 aliphatic heterocycles. The maximum atomic E-state index is 5.54. The summed E-state index contributed by atoms with van der Waals surface area (Å²) < 4.78 is 5.54. The van der Waals surface area contributed by atoms with Crippen molar-refractivity contribution in [1.29, 1.82) is 0 Å². The van der Waals surface area contributed by atoms with Crippen molar-refractivity contribution in [3.8, 4) is 0 Å². The molecule has 0 spiro atoms. The Kier molecular flexibility index (Phi) is 3.28. The summed E-state index contributed by atoms with van der Waals surface area (Å²) in [7, 11) is 0. The van der Waals surface area contributed by atoms with Crippen LogP contribution in [0.15, 0.2) is 22.7 Å². The van der Waals surface area contributed by atoms with Crippen molar-refractivity contribution < 1.29 is 4.52 Å². The normalized spacial score (nSPS) is 16.6. The molecule has 0 amide bonds. The van der Waals surface area contributed by atoms with Crippen LogP contribution >= 0.6 is 0 Å². The number of anilines is 1. The summed E-state index contributed by atoms with van der Waals surface area (Å²) in [6.07, 6.45) is 8.11. The highest BCUT2D eigenvalue weighted by Gasteiger charge is 2.18. The third-order valence-corrected chi connectivity index (χ3v) is 3.87. The molecule has 1 fully saturated rings. The largest absolute Gasteiger partial charge is 0.371 e. The molecule has 3 heteroatoms. The van der Waals surface area contributed by atoms with Crippen molar-refractivity contribution in [1.82, 2.24) is 5.16 Å². The number of benzene rings is 1. The molecule has 0 bridgehead atoms. The van der Waals surface area contributed by atoms with Gasteiger partial charge in [0, 0.05) is 29.7 Å². The van der Waals surface area contributed by atoms with Gasteiger partial charge in [0.1, 0.15) is 0 Å². The third-order valence-electron chi connectivity index (χ3n) is 3.87. The molecule has 0 unspecified atom stereocenters. The first kappa shape index (κ1) is 12.3. The van der Waals surface area contributed by atoms with Crippen LogP contribution < -0.4 is 4.90 Å². The molecule has 19 heavy (non-hydrogen) atoms. The minimum atomic E-state index is 0.915. The van der Waals surface area contributed by atoms with E-state index < -0.39 is 0 Å². The lowest BCUT2D eigenvalue weighted by Gasteiger charge is -2.30. The van der Waals surface area contributed by atoms with Gasteiger partial charge in [-0.25, -0.2) is 0 Å². The van der Waals surface area contributed by atoms with Crippen molar-refractivity contribution in [3.05, 3.63) is 29.5 Å². The number of hydrogen-bond donors (Lipinski definition) is 0. The highest BCUT2D eigenvalue weighted by Crippen LogP contribution is 2.33. The molecule has 2 aromatic rings. The monoisotopic (exact) mass is 256 g/mol. The minimum absolute atomic E-state index is 0.915. The van der Waals surface area contributed by atoms with Crippen LogP contribution in [0, 0.1) is 6.92 Å². The molecule has 3 nitrogen and oxygen atoms in total. The van der Waals surface area contributed by atoms with E-state index in [1.165, 1.54) is 30.5 Å². The molecule has 1 aromatic heterocycles. The van der Waals surface area contributed by atoms with Gasteiger partial charge in [0.2, 0.25) is 0 Å². The van der Waals surface area contributed by atoms with E-state index in [1.54, 1.807) is 0 Å². The molecule has 1 aliphatic rings. The highest BCUT2D eigenvalue weighted by molar-refractivity contribution is 5.93. The SMILES string of the molecule is C/C=C/c1c(N2CCCCC2)ccc2c(C)noc12. The van der Waals surface area contributed by atoms with Crippen LogP contribution in [0.2, 0.25) is 0 Å². The summed E-state index contributed by atoms with van der Waals surface area (Å²) >= 11 is 0. The number of rotatable bonds is 2. The number of allylic oxidation sites excluding steroid dienone is 1. The molecule has 3 rings (SSSR count). The Morgan fingerprint density at radius 3 is 2.74 bits per heavy atom. The Morgan fingerprint density at radius 1 is 1.21 bits per heavy atom. The summed E-state index contributed by atoms with van der Waals surface area (Å²) in [4.78, 5) is 2.47. The lowest BCUT2D eigenvalue weighted by atomic mass is 10.0. The Hall–Kier alpha value is -1.77. The van der Waals surface area contributed by atoms with Gasteiger partial charge in [0.25, 0.3) is 0 Å². The topological polar surface area (TPSA) is 29.3 Å². The fourth-order valence-electron chi connectivity index (χ4n) is 2.87. The smallest absolute Gasteiger partial charge is 0.176 e. The van der Waals surface area contributed by atoms with E-state index in [0.717, 1.165) is 29.8 Å². The molecular weight excluding hydrogens is 236 g/mol. The second-order valence-corrected chi connectivity index (χ2v) is 5.19. The summed E-state index contributed by atoms with van der Waals surface area (Å²) in [5.74, 6) is 0. The van der Waals surface area contributed by atoms with Crippen LogP contribution in [-0.4, -0.2) is 18.2 Å². The van der Waals surface area contributed by atoms with Crippen LogP contribution in [0.4, 0.5) is 5.69 Å². The van der Waals surface area contributed by atoms with Gasteiger partial charge in [0.05, 0.1) is 5.69 Å². The van der Waals surface area contributed by atoms with Crippen molar-refractivity contribution in [2.45, 2.75) is 33.1 Å². The molecule has 1 saturated heterocycles. The first-order valence-electron chi connectivity index (χ1n) is 7.08. The molecule has 2 heterocycles. The Labute approximate surface area is 113 Å². The Balaban J connectivity index is 2.14. The summed E-state index contributed by atoms with van der Waals surface area (Å²) in [6.45, 7) is 6.32. The van der Waals surface area contributed by atoms with Crippen LogP contribution in [0.3, 0.4) is 0 Å². The Morgan fingerprint density at radius 2 is 2.00 bits per heavy atom. The van der Waals surface area contributed by atoms with Gasteiger partial charge in [-0.1, -0.05) is 17.3 Å². The van der Waals surface area contributed by atoms with Crippen LogP contribution in [0.25, 0.3) is 17.0 Å². The number of nitrogens with zero attached hydrogens (tertiary/aromatic N) is 2. The van der Waals surface area contributed by atoms with Crippen molar-refractivity contribution in [2.24, 2.45) is 0 Å². The fourth-order valence-corrected chi connectivity index (χ4v) is 2.87. The van der Waals surface area contributed by atoms with E-state index in [9.17, 15) is 0 Å². The quantitative estimate of drug-likeness (QED) is 0.808. The van der Waals surface area contributed by atoms with E-state index in [4.69, 9.17) is 4.52 Å². The predicted molar refractivity (Wildman–Crippen MR) is 79.5 cm³/mol. The number of aromatic nitrogens is 1. The van der Waals surface area contributed by atoms with Gasteiger partial charge < -0.3 is 9.42 Å². The van der Waals surface area contributed by atoms with Gasteiger partial charge in [-0.05, 0) is 45.2 Å². The molecule has 100 valence electrons. The van der Waals surface area contributed by atoms with Gasteiger partial charge >= 0.3 is 0 Å². The lowest BCUT2D eigenvalue weighted by Crippen LogP contribution is -2.29. The van der Waals surface area contributed by atoms with Crippen LogP contribution in [-0.2, 0) is 0 Å². The van der Waals surface area contributed by atoms with E-state index >= 15 is 0 Å². The Bertz CT molecular complexity index is 606. The van der Waals surface area contributed by atoms with Gasteiger partial charge in [-0.2, -0.15) is 0 Å². The van der Waals surface area contributed by atoms with Crippen molar-refractivity contribution in [3.63, 3.8) is 0 Å². The molecule has 0 radical (unpaired) electrons. The standard InChI is InChI=1S/C16H20N2O/c1-3-7-14-15(18-10-5-4-6-11-18)9-8-13-12(2)17-19-16(13)14/h3,7-9H,4-6,10-11H2,1-2H3/b7-3+. The summed E-state index contributed by atoms with van der Waals surface area (Å²) in [5, 5.41) is 5.22. The molecule has 0 atom stereocenters. The number of piperidine rings is 1. The zero-order valence-electron chi connectivity index (χ0n) is 11.6. The molecule has 1 aromatic carbocycles. The molecule has 0 saturated carbocycles. The molecular formula is C16H20N2O. The van der Waals surface area contributed by atoms with E-state index in [1.807, 2.05) is 13.8 Å². The third kappa shape index (κ3) is 2.14. The van der Waals surface area contributed by atoms with Crippen LogP contribution in [0.5, 0.6) is 0 Å². The van der Waals surface area contributed by atoms with Crippen molar-refractivity contribution in [2.75, 3.05) is 18.0 Å². The number of fused-ring (bicyclic) bond motifs is 1.